The molecule has 1 aromatic carbocycles. The van der Waals surface area contributed by atoms with Crippen molar-refractivity contribution < 1.29 is 4.79 Å². The summed E-state index contributed by atoms with van der Waals surface area (Å²) in [5, 5.41) is 3.93. The Morgan fingerprint density at radius 3 is 2.69 bits per heavy atom. The lowest BCUT2D eigenvalue weighted by Gasteiger charge is -2.09. The van der Waals surface area contributed by atoms with E-state index in [1.807, 2.05) is 12.1 Å². The molecule has 0 saturated carbocycles. The van der Waals surface area contributed by atoms with E-state index in [-0.39, 0.29) is 11.2 Å². The van der Waals surface area contributed by atoms with Gasteiger partial charge in [-0.3, -0.25) is 4.79 Å². The number of carbonyl (C=O) groups is 1. The first kappa shape index (κ1) is 11.3. The molecule has 16 heavy (non-hydrogen) atoms. The Bertz CT molecular complexity index is 432. The predicted octanol–water partition coefficient (Wildman–Crippen LogP) is 1.71. The number of nitrogens with zero attached hydrogens (tertiary/aromatic N) is 1. The van der Waals surface area contributed by atoms with Crippen LogP contribution in [0.1, 0.15) is 0 Å². The predicted molar refractivity (Wildman–Crippen MR) is 68.0 cm³/mol. The van der Waals surface area contributed by atoms with Crippen LogP contribution in [0.15, 0.2) is 29.3 Å². The van der Waals surface area contributed by atoms with Crippen LogP contribution >= 0.6 is 23.4 Å². The van der Waals surface area contributed by atoms with Crippen molar-refractivity contribution in [2.45, 2.75) is 5.25 Å². The minimum absolute atomic E-state index is 0.177. The van der Waals surface area contributed by atoms with Crippen LogP contribution in [0.3, 0.4) is 0 Å². The van der Waals surface area contributed by atoms with Crippen LogP contribution in [-0.4, -0.2) is 22.9 Å². The van der Waals surface area contributed by atoms with Crippen molar-refractivity contribution in [2.24, 2.45) is 10.7 Å². The van der Waals surface area contributed by atoms with Gasteiger partial charge in [0.05, 0.1) is 0 Å². The van der Waals surface area contributed by atoms with E-state index in [9.17, 15) is 4.79 Å². The highest BCUT2D eigenvalue weighted by molar-refractivity contribution is 8.15. The Kier molecular flexibility index (Phi) is 3.36. The largest absolute Gasteiger partial charge is 0.383 e. The fourth-order valence-corrected chi connectivity index (χ4v) is 2.19. The number of amides is 1. The lowest BCUT2D eigenvalue weighted by molar-refractivity contribution is -0.116. The van der Waals surface area contributed by atoms with Gasteiger partial charge in [0.1, 0.15) is 5.25 Å². The van der Waals surface area contributed by atoms with Crippen molar-refractivity contribution in [1.82, 2.24) is 0 Å². The number of thioether (sulfide) groups is 1. The summed E-state index contributed by atoms with van der Waals surface area (Å²) in [7, 11) is 0. The normalized spacial score (nSPS) is 19.7. The molecule has 3 N–H and O–H groups in total. The van der Waals surface area contributed by atoms with Crippen LogP contribution in [0.5, 0.6) is 0 Å². The van der Waals surface area contributed by atoms with E-state index < -0.39 is 0 Å². The molecule has 1 aliphatic heterocycles. The molecule has 1 aliphatic rings. The Balaban J connectivity index is 1.89. The number of aliphatic imine (C=N–C) groups is 1. The Labute approximate surface area is 102 Å². The van der Waals surface area contributed by atoms with Crippen LogP contribution in [0, 0.1) is 0 Å². The third-order valence-corrected chi connectivity index (χ3v) is 3.33. The smallest absolute Gasteiger partial charge is 0.263 e. The number of rotatable bonds is 3. The molecule has 1 atom stereocenters. The summed E-state index contributed by atoms with van der Waals surface area (Å²) in [5.74, 6) is -0.177. The first-order valence-electron chi connectivity index (χ1n) is 4.69. The minimum atomic E-state index is -0.226. The second kappa shape index (κ2) is 4.76. The van der Waals surface area contributed by atoms with E-state index in [1.54, 1.807) is 12.1 Å². The zero-order chi connectivity index (χ0) is 11.5. The highest BCUT2D eigenvalue weighted by atomic mass is 35.5. The van der Waals surface area contributed by atoms with Crippen molar-refractivity contribution in [2.75, 3.05) is 11.9 Å². The van der Waals surface area contributed by atoms with E-state index in [4.69, 9.17) is 17.3 Å². The van der Waals surface area contributed by atoms with Crippen LogP contribution in [0.25, 0.3) is 0 Å². The summed E-state index contributed by atoms with van der Waals surface area (Å²) in [6, 6.07) is 7.30. The van der Waals surface area contributed by atoms with Crippen LogP contribution in [0.4, 0.5) is 5.69 Å². The number of benzene rings is 1. The van der Waals surface area contributed by atoms with E-state index in [1.165, 1.54) is 11.8 Å². The SMILES string of the molecule is NC1=NC(=O)[C@@H](CNc2ccc(Cl)cc2)S1. The maximum absolute atomic E-state index is 11.3. The van der Waals surface area contributed by atoms with Gasteiger partial charge in [-0.1, -0.05) is 23.4 Å². The Morgan fingerprint density at radius 2 is 2.12 bits per heavy atom. The summed E-state index contributed by atoms with van der Waals surface area (Å²) < 4.78 is 0. The molecule has 0 saturated heterocycles. The molecule has 1 heterocycles. The summed E-state index contributed by atoms with van der Waals surface area (Å²) >= 11 is 7.05. The van der Waals surface area contributed by atoms with Crippen molar-refractivity contribution >= 4 is 40.1 Å². The van der Waals surface area contributed by atoms with Crippen LogP contribution < -0.4 is 11.1 Å². The van der Waals surface area contributed by atoms with Crippen molar-refractivity contribution in [1.29, 1.82) is 0 Å². The molecule has 0 bridgehead atoms. The van der Waals surface area contributed by atoms with Crippen LogP contribution in [-0.2, 0) is 4.79 Å². The Hall–Kier alpha value is -1.20. The summed E-state index contributed by atoms with van der Waals surface area (Å²) in [4.78, 5) is 15.0. The van der Waals surface area contributed by atoms with E-state index in [0.29, 0.717) is 16.7 Å². The molecule has 0 aliphatic carbocycles. The van der Waals surface area contributed by atoms with Gasteiger partial charge in [0.2, 0.25) is 0 Å². The quantitative estimate of drug-likeness (QED) is 0.863. The third kappa shape index (κ3) is 2.68. The van der Waals surface area contributed by atoms with Gasteiger partial charge in [0, 0.05) is 17.3 Å². The topological polar surface area (TPSA) is 67.5 Å². The third-order valence-electron chi connectivity index (χ3n) is 2.09. The molecule has 0 aromatic heterocycles. The van der Waals surface area contributed by atoms with E-state index >= 15 is 0 Å². The molecule has 6 heteroatoms. The van der Waals surface area contributed by atoms with Crippen molar-refractivity contribution in [3.8, 4) is 0 Å². The van der Waals surface area contributed by atoms with Gasteiger partial charge in [-0.25, -0.2) is 0 Å². The number of hydrogen-bond donors (Lipinski definition) is 2. The van der Waals surface area contributed by atoms with E-state index in [2.05, 4.69) is 10.3 Å². The highest BCUT2D eigenvalue weighted by Crippen LogP contribution is 2.21. The summed E-state index contributed by atoms with van der Waals surface area (Å²) in [5.41, 5.74) is 6.37. The molecule has 84 valence electrons. The molecule has 0 fully saturated rings. The first-order chi connectivity index (χ1) is 7.65. The minimum Gasteiger partial charge on any atom is -0.383 e. The maximum Gasteiger partial charge on any atom is 0.263 e. The average molecular weight is 256 g/mol. The number of halogens is 1. The molecule has 4 nitrogen and oxygen atoms in total. The lowest BCUT2D eigenvalue weighted by Crippen LogP contribution is -2.21. The number of anilines is 1. The molecule has 0 unspecified atom stereocenters. The molecule has 0 radical (unpaired) electrons. The monoisotopic (exact) mass is 255 g/mol. The average Bonchev–Trinajstić information content (AvgIpc) is 2.57. The van der Waals surface area contributed by atoms with Crippen molar-refractivity contribution in [3.05, 3.63) is 29.3 Å². The molecular formula is C10H10ClN3OS. The van der Waals surface area contributed by atoms with Crippen LogP contribution in [0.2, 0.25) is 5.02 Å². The first-order valence-corrected chi connectivity index (χ1v) is 5.95. The second-order valence-corrected chi connectivity index (χ2v) is 4.94. The van der Waals surface area contributed by atoms with Gasteiger partial charge < -0.3 is 11.1 Å². The maximum atomic E-state index is 11.3. The number of carbonyl (C=O) groups excluding carboxylic acids is 1. The number of hydrogen-bond acceptors (Lipinski definition) is 4. The molecular weight excluding hydrogens is 246 g/mol. The summed E-state index contributed by atoms with van der Waals surface area (Å²) in [6.07, 6.45) is 0. The molecule has 2 rings (SSSR count). The number of nitrogens with one attached hydrogen (secondary N) is 1. The molecule has 0 spiro atoms. The second-order valence-electron chi connectivity index (χ2n) is 3.28. The zero-order valence-electron chi connectivity index (χ0n) is 8.31. The van der Waals surface area contributed by atoms with Gasteiger partial charge in [0.25, 0.3) is 5.91 Å². The van der Waals surface area contributed by atoms with Gasteiger partial charge in [0.15, 0.2) is 5.17 Å². The van der Waals surface area contributed by atoms with Gasteiger partial charge in [-0.05, 0) is 24.3 Å². The Morgan fingerprint density at radius 1 is 1.44 bits per heavy atom. The fraction of sp³-hybridized carbons (Fsp3) is 0.200. The standard InChI is InChI=1S/C10H10ClN3OS/c11-6-1-3-7(4-2-6)13-5-8-9(15)14-10(12)16-8/h1-4,8,13H,5H2,(H2,12,14,15)/t8-/m1/s1. The lowest BCUT2D eigenvalue weighted by atomic mass is 10.3. The molecule has 1 amide bonds. The fourth-order valence-electron chi connectivity index (χ4n) is 1.31. The van der Waals surface area contributed by atoms with E-state index in [0.717, 1.165) is 5.69 Å². The van der Waals surface area contributed by atoms with Gasteiger partial charge in [-0.2, -0.15) is 4.99 Å². The highest BCUT2D eigenvalue weighted by Gasteiger charge is 2.26. The van der Waals surface area contributed by atoms with Gasteiger partial charge >= 0.3 is 0 Å². The zero-order valence-corrected chi connectivity index (χ0v) is 9.89. The number of nitrogens with two attached hydrogens (primary N) is 1. The summed E-state index contributed by atoms with van der Waals surface area (Å²) in [6.45, 7) is 0.509. The number of amidine groups is 1. The molecule has 1 aromatic rings. The van der Waals surface area contributed by atoms with Crippen molar-refractivity contribution in [3.63, 3.8) is 0 Å². The van der Waals surface area contributed by atoms with Gasteiger partial charge in [-0.15, -0.1) is 0 Å².